The summed E-state index contributed by atoms with van der Waals surface area (Å²) in [7, 11) is 0. The van der Waals surface area contributed by atoms with Gasteiger partial charge in [0.1, 0.15) is 11.5 Å². The lowest BCUT2D eigenvalue weighted by atomic mass is 10.2. The minimum Gasteiger partial charge on any atom is -0.493 e. The van der Waals surface area contributed by atoms with Gasteiger partial charge < -0.3 is 14.8 Å². The van der Waals surface area contributed by atoms with Crippen molar-refractivity contribution in [2.45, 2.75) is 26.9 Å². The van der Waals surface area contributed by atoms with Crippen LogP contribution in [-0.2, 0) is 0 Å². The lowest BCUT2D eigenvalue weighted by Gasteiger charge is -2.13. The van der Waals surface area contributed by atoms with Gasteiger partial charge in [-0.3, -0.25) is 10.1 Å². The van der Waals surface area contributed by atoms with Crippen LogP contribution in [0.1, 0.15) is 31.1 Å². The molecule has 0 fully saturated rings. The molecule has 0 aliphatic carbocycles. The third-order valence-electron chi connectivity index (χ3n) is 3.20. The highest BCUT2D eigenvalue weighted by Crippen LogP contribution is 2.23. The van der Waals surface area contributed by atoms with E-state index in [4.69, 9.17) is 21.7 Å². The van der Waals surface area contributed by atoms with Crippen molar-refractivity contribution in [3.63, 3.8) is 0 Å². The molecule has 0 heterocycles. The number of amides is 1. The molecule has 0 bridgehead atoms. The lowest BCUT2D eigenvalue weighted by Crippen LogP contribution is -2.34. The maximum atomic E-state index is 12.5. The van der Waals surface area contributed by atoms with Gasteiger partial charge >= 0.3 is 0 Å². The summed E-state index contributed by atoms with van der Waals surface area (Å²) in [4.78, 5) is 12.5. The number of anilines is 1. The van der Waals surface area contributed by atoms with Gasteiger partial charge in [-0.25, -0.2) is 0 Å². The van der Waals surface area contributed by atoms with Gasteiger partial charge in [0.2, 0.25) is 0 Å². The van der Waals surface area contributed by atoms with Crippen LogP contribution in [0.25, 0.3) is 0 Å². The first kappa shape index (κ1) is 20.2. The van der Waals surface area contributed by atoms with Crippen molar-refractivity contribution in [3.05, 3.63) is 52.5 Å². The van der Waals surface area contributed by atoms with Crippen LogP contribution < -0.4 is 20.1 Å². The molecule has 2 rings (SSSR count). The zero-order valence-corrected chi connectivity index (χ0v) is 17.2. The Labute approximate surface area is 167 Å². The van der Waals surface area contributed by atoms with E-state index in [-0.39, 0.29) is 17.1 Å². The molecule has 0 aromatic heterocycles. The normalized spacial score (nSPS) is 10.3. The molecule has 26 heavy (non-hydrogen) atoms. The summed E-state index contributed by atoms with van der Waals surface area (Å²) < 4.78 is 11.9. The Morgan fingerprint density at radius 1 is 1.19 bits per heavy atom. The van der Waals surface area contributed by atoms with E-state index in [0.717, 1.165) is 15.9 Å². The van der Waals surface area contributed by atoms with Crippen LogP contribution in [0.2, 0.25) is 0 Å². The Morgan fingerprint density at radius 3 is 2.50 bits per heavy atom. The van der Waals surface area contributed by atoms with Crippen LogP contribution in [0.5, 0.6) is 11.5 Å². The van der Waals surface area contributed by atoms with Crippen LogP contribution in [0, 0.1) is 0 Å². The Hall–Kier alpha value is -2.12. The number of carbonyl (C=O) groups is 1. The molecule has 2 aromatic carbocycles. The standard InChI is InChI=1S/C19H21BrN2O3S/c1-4-24-17-10-5-13(20)11-16(17)18(23)22-19(26)21-14-6-8-15(9-7-14)25-12(2)3/h5-12H,4H2,1-3H3,(H2,21,22,23,26). The summed E-state index contributed by atoms with van der Waals surface area (Å²) in [6.07, 6.45) is 0.110. The predicted octanol–water partition coefficient (Wildman–Crippen LogP) is 4.76. The third kappa shape index (κ3) is 6.00. The molecule has 5 nitrogen and oxygen atoms in total. The van der Waals surface area contributed by atoms with Crippen molar-refractivity contribution < 1.29 is 14.3 Å². The number of hydrogen-bond acceptors (Lipinski definition) is 4. The number of benzene rings is 2. The van der Waals surface area contributed by atoms with Gasteiger partial charge in [-0.15, -0.1) is 0 Å². The molecule has 2 N–H and O–H groups in total. The molecule has 0 radical (unpaired) electrons. The number of hydrogen-bond donors (Lipinski definition) is 2. The van der Waals surface area contributed by atoms with Gasteiger partial charge in [0.15, 0.2) is 5.11 Å². The number of halogens is 1. The molecule has 0 unspecified atom stereocenters. The minimum atomic E-state index is -0.341. The molecule has 0 atom stereocenters. The van der Waals surface area contributed by atoms with Gasteiger partial charge in [0.25, 0.3) is 5.91 Å². The molecular formula is C19H21BrN2O3S. The number of rotatable bonds is 6. The Morgan fingerprint density at radius 2 is 1.88 bits per heavy atom. The molecule has 0 saturated carbocycles. The molecule has 0 spiro atoms. The van der Waals surface area contributed by atoms with E-state index in [1.54, 1.807) is 12.1 Å². The fourth-order valence-electron chi connectivity index (χ4n) is 2.18. The van der Waals surface area contributed by atoms with Gasteiger partial charge in [-0.1, -0.05) is 15.9 Å². The average Bonchev–Trinajstić information content (AvgIpc) is 2.58. The van der Waals surface area contributed by atoms with Crippen molar-refractivity contribution in [2.24, 2.45) is 0 Å². The number of ether oxygens (including phenoxy) is 2. The number of carbonyl (C=O) groups excluding carboxylic acids is 1. The molecule has 138 valence electrons. The Balaban J connectivity index is 2.01. The molecule has 2 aromatic rings. The third-order valence-corrected chi connectivity index (χ3v) is 3.89. The van der Waals surface area contributed by atoms with Crippen LogP contribution in [0.15, 0.2) is 46.9 Å². The van der Waals surface area contributed by atoms with Gasteiger partial charge in [0.05, 0.1) is 18.3 Å². The van der Waals surface area contributed by atoms with Crippen LogP contribution in [0.3, 0.4) is 0 Å². The summed E-state index contributed by atoms with van der Waals surface area (Å²) in [6, 6.07) is 12.6. The van der Waals surface area contributed by atoms with Crippen molar-refractivity contribution >= 4 is 44.9 Å². The second-order valence-corrected chi connectivity index (χ2v) is 7.00. The quantitative estimate of drug-likeness (QED) is 0.639. The Bertz CT molecular complexity index is 779. The van der Waals surface area contributed by atoms with Crippen molar-refractivity contribution in [1.82, 2.24) is 5.32 Å². The molecule has 0 saturated heterocycles. The highest BCUT2D eigenvalue weighted by Gasteiger charge is 2.14. The lowest BCUT2D eigenvalue weighted by molar-refractivity contribution is 0.0974. The van der Waals surface area contributed by atoms with Crippen molar-refractivity contribution in [1.29, 1.82) is 0 Å². The fraction of sp³-hybridized carbons (Fsp3) is 0.263. The zero-order chi connectivity index (χ0) is 19.1. The smallest absolute Gasteiger partial charge is 0.261 e. The predicted molar refractivity (Wildman–Crippen MR) is 111 cm³/mol. The topological polar surface area (TPSA) is 59.6 Å². The van der Waals surface area contributed by atoms with E-state index in [9.17, 15) is 4.79 Å². The monoisotopic (exact) mass is 436 g/mol. The van der Waals surface area contributed by atoms with Crippen molar-refractivity contribution in [2.75, 3.05) is 11.9 Å². The van der Waals surface area contributed by atoms with Crippen LogP contribution in [0.4, 0.5) is 5.69 Å². The van der Waals surface area contributed by atoms with Gasteiger partial charge in [-0.2, -0.15) is 0 Å². The number of thiocarbonyl (C=S) groups is 1. The summed E-state index contributed by atoms with van der Waals surface area (Å²) in [5.41, 5.74) is 1.16. The maximum Gasteiger partial charge on any atom is 0.261 e. The van der Waals surface area contributed by atoms with Crippen LogP contribution in [-0.4, -0.2) is 23.7 Å². The Kier molecular flexibility index (Phi) is 7.41. The SMILES string of the molecule is CCOc1ccc(Br)cc1C(=O)NC(=S)Nc1ccc(OC(C)C)cc1. The second-order valence-electron chi connectivity index (χ2n) is 5.67. The molecular weight excluding hydrogens is 416 g/mol. The first-order valence-electron chi connectivity index (χ1n) is 8.20. The highest BCUT2D eigenvalue weighted by atomic mass is 79.9. The summed E-state index contributed by atoms with van der Waals surface area (Å²) in [5.74, 6) is 0.939. The molecule has 7 heteroatoms. The summed E-state index contributed by atoms with van der Waals surface area (Å²) in [6.45, 7) is 6.27. The molecule has 0 aliphatic rings. The van der Waals surface area contributed by atoms with Gasteiger partial charge in [-0.05, 0) is 75.5 Å². The number of nitrogens with one attached hydrogen (secondary N) is 2. The van der Waals surface area contributed by atoms with E-state index >= 15 is 0 Å². The van der Waals surface area contributed by atoms with E-state index in [1.165, 1.54) is 0 Å². The summed E-state index contributed by atoms with van der Waals surface area (Å²) >= 11 is 8.59. The van der Waals surface area contributed by atoms with E-state index < -0.39 is 0 Å². The van der Waals surface area contributed by atoms with Crippen LogP contribution >= 0.6 is 28.1 Å². The van der Waals surface area contributed by atoms with Gasteiger partial charge in [0, 0.05) is 10.2 Å². The molecule has 1 amide bonds. The molecule has 0 aliphatic heterocycles. The van der Waals surface area contributed by atoms with E-state index in [0.29, 0.717) is 17.9 Å². The van der Waals surface area contributed by atoms with E-state index in [2.05, 4.69) is 26.6 Å². The average molecular weight is 437 g/mol. The first-order chi connectivity index (χ1) is 12.4. The minimum absolute atomic E-state index is 0.110. The largest absolute Gasteiger partial charge is 0.493 e. The van der Waals surface area contributed by atoms with Crippen molar-refractivity contribution in [3.8, 4) is 11.5 Å². The zero-order valence-electron chi connectivity index (χ0n) is 14.8. The summed E-state index contributed by atoms with van der Waals surface area (Å²) in [5, 5.41) is 5.85. The maximum absolute atomic E-state index is 12.5. The highest BCUT2D eigenvalue weighted by molar-refractivity contribution is 9.10. The van der Waals surface area contributed by atoms with E-state index in [1.807, 2.05) is 51.1 Å². The first-order valence-corrected chi connectivity index (χ1v) is 9.40. The second kappa shape index (κ2) is 9.54. The fourth-order valence-corrected chi connectivity index (χ4v) is 2.75.